The van der Waals surface area contributed by atoms with Gasteiger partial charge in [-0.05, 0) is 18.2 Å². The van der Waals surface area contributed by atoms with Gasteiger partial charge >= 0.3 is 0 Å². The number of ether oxygens (including phenoxy) is 1. The van der Waals surface area contributed by atoms with Gasteiger partial charge in [0.05, 0.1) is 18.7 Å². The molecule has 1 aromatic heterocycles. The molecule has 5 heteroatoms. The number of nitrogens with zero attached hydrogens (tertiary/aromatic N) is 1. The van der Waals surface area contributed by atoms with Crippen LogP contribution in [0.25, 0.3) is 10.8 Å². The molecule has 0 atom stereocenters. The van der Waals surface area contributed by atoms with Gasteiger partial charge in [-0.3, -0.25) is 9.78 Å². The van der Waals surface area contributed by atoms with E-state index >= 15 is 0 Å². The maximum Gasteiger partial charge on any atom is 0.226 e. The van der Waals surface area contributed by atoms with Gasteiger partial charge in [0.15, 0.2) is 0 Å². The second-order valence-corrected chi connectivity index (χ2v) is 4.28. The molecule has 1 aromatic carbocycles. The Morgan fingerprint density at radius 1 is 1.50 bits per heavy atom. The fraction of sp³-hybridized carbons (Fsp3) is 0.231. The van der Waals surface area contributed by atoms with Crippen LogP contribution in [0.3, 0.4) is 0 Å². The Kier molecular flexibility index (Phi) is 4.12. The summed E-state index contributed by atoms with van der Waals surface area (Å²) in [5, 5.41) is 5.21. The van der Waals surface area contributed by atoms with Crippen molar-refractivity contribution in [2.24, 2.45) is 0 Å². The van der Waals surface area contributed by atoms with Gasteiger partial charge in [-0.2, -0.15) is 0 Å². The van der Waals surface area contributed by atoms with Crippen LogP contribution in [0, 0.1) is 0 Å². The van der Waals surface area contributed by atoms with Crippen molar-refractivity contribution in [1.29, 1.82) is 0 Å². The molecule has 94 valence electrons. The summed E-state index contributed by atoms with van der Waals surface area (Å²) in [6.45, 7) is 0.395. The molecule has 0 radical (unpaired) electrons. The first-order valence-electron chi connectivity index (χ1n) is 5.53. The predicted molar refractivity (Wildman–Crippen MR) is 71.9 cm³/mol. The van der Waals surface area contributed by atoms with Crippen LogP contribution in [0.15, 0.2) is 30.6 Å². The van der Waals surface area contributed by atoms with E-state index in [0.29, 0.717) is 23.7 Å². The number of benzene rings is 1. The summed E-state index contributed by atoms with van der Waals surface area (Å²) in [5.74, 6) is -0.0998. The number of halogens is 1. The Labute approximate surface area is 110 Å². The van der Waals surface area contributed by atoms with Gasteiger partial charge in [0.25, 0.3) is 0 Å². The molecular weight excluding hydrogens is 252 g/mol. The normalized spacial score (nSPS) is 10.6. The number of hydrogen-bond donors (Lipinski definition) is 1. The van der Waals surface area contributed by atoms with Gasteiger partial charge in [-0.1, -0.05) is 11.6 Å². The minimum absolute atomic E-state index is 0.0998. The van der Waals surface area contributed by atoms with E-state index in [0.717, 1.165) is 10.8 Å². The molecule has 2 rings (SSSR count). The average Bonchev–Trinajstić information content (AvgIpc) is 2.36. The van der Waals surface area contributed by atoms with Crippen LogP contribution < -0.4 is 5.32 Å². The number of rotatable bonds is 4. The highest BCUT2D eigenvalue weighted by Crippen LogP contribution is 2.27. The fourth-order valence-electron chi connectivity index (χ4n) is 1.68. The summed E-state index contributed by atoms with van der Waals surface area (Å²) in [6, 6.07) is 5.39. The van der Waals surface area contributed by atoms with E-state index in [1.54, 1.807) is 25.6 Å². The molecule has 0 bridgehead atoms. The molecule has 0 aliphatic carbocycles. The molecule has 0 saturated heterocycles. The SMILES string of the molecule is COCCC(=O)Nc1cc(Cl)cc2cnccc12. The third-order valence-electron chi connectivity index (χ3n) is 2.53. The Hall–Kier alpha value is -1.65. The minimum Gasteiger partial charge on any atom is -0.384 e. The number of carbonyl (C=O) groups excluding carboxylic acids is 1. The maximum atomic E-state index is 11.7. The molecule has 0 saturated carbocycles. The van der Waals surface area contributed by atoms with Crippen LogP contribution in [-0.4, -0.2) is 24.6 Å². The smallest absolute Gasteiger partial charge is 0.226 e. The number of anilines is 1. The van der Waals surface area contributed by atoms with Gasteiger partial charge < -0.3 is 10.1 Å². The maximum absolute atomic E-state index is 11.7. The lowest BCUT2D eigenvalue weighted by atomic mass is 10.1. The molecule has 0 aliphatic heterocycles. The molecule has 2 aromatic rings. The number of carbonyl (C=O) groups is 1. The number of aromatic nitrogens is 1. The standard InChI is InChI=1S/C13H13ClN2O2/c1-18-5-3-13(17)16-12-7-10(14)6-9-8-15-4-2-11(9)12/h2,4,6-8H,3,5H2,1H3,(H,16,17). The van der Waals surface area contributed by atoms with Crippen molar-refractivity contribution in [3.63, 3.8) is 0 Å². The van der Waals surface area contributed by atoms with E-state index in [1.807, 2.05) is 12.1 Å². The highest BCUT2D eigenvalue weighted by Gasteiger charge is 2.07. The third kappa shape index (κ3) is 2.97. The first kappa shape index (κ1) is 12.8. The summed E-state index contributed by atoms with van der Waals surface area (Å²) in [7, 11) is 1.56. The molecule has 0 spiro atoms. The number of fused-ring (bicyclic) bond motifs is 1. The average molecular weight is 265 g/mol. The predicted octanol–water partition coefficient (Wildman–Crippen LogP) is 2.86. The van der Waals surface area contributed by atoms with Crippen molar-refractivity contribution in [1.82, 2.24) is 4.98 Å². The summed E-state index contributed by atoms with van der Waals surface area (Å²) in [4.78, 5) is 15.7. The monoisotopic (exact) mass is 264 g/mol. The van der Waals surface area contributed by atoms with E-state index in [-0.39, 0.29) is 5.91 Å². The van der Waals surface area contributed by atoms with Crippen molar-refractivity contribution in [2.45, 2.75) is 6.42 Å². The van der Waals surface area contributed by atoms with Crippen LogP contribution in [0.5, 0.6) is 0 Å². The highest BCUT2D eigenvalue weighted by molar-refractivity contribution is 6.32. The molecule has 18 heavy (non-hydrogen) atoms. The van der Waals surface area contributed by atoms with Crippen molar-refractivity contribution in [2.75, 3.05) is 19.0 Å². The lowest BCUT2D eigenvalue weighted by molar-refractivity contribution is -0.117. The second kappa shape index (κ2) is 5.80. The van der Waals surface area contributed by atoms with Crippen molar-refractivity contribution < 1.29 is 9.53 Å². The molecule has 0 fully saturated rings. The summed E-state index contributed by atoms with van der Waals surface area (Å²) in [5.41, 5.74) is 0.695. The first-order valence-corrected chi connectivity index (χ1v) is 5.90. The Morgan fingerprint density at radius 2 is 2.33 bits per heavy atom. The first-order chi connectivity index (χ1) is 8.70. The van der Waals surface area contributed by atoms with E-state index < -0.39 is 0 Å². The van der Waals surface area contributed by atoms with Gasteiger partial charge in [-0.25, -0.2) is 0 Å². The zero-order chi connectivity index (χ0) is 13.0. The van der Waals surface area contributed by atoms with Gasteiger partial charge in [0.1, 0.15) is 0 Å². The molecule has 0 aliphatic rings. The summed E-state index contributed by atoms with van der Waals surface area (Å²) in [6.07, 6.45) is 3.71. The minimum atomic E-state index is -0.0998. The van der Waals surface area contributed by atoms with Crippen molar-refractivity contribution in [3.05, 3.63) is 35.6 Å². The highest BCUT2D eigenvalue weighted by atomic mass is 35.5. The van der Waals surface area contributed by atoms with E-state index in [4.69, 9.17) is 16.3 Å². The van der Waals surface area contributed by atoms with Crippen LogP contribution >= 0.6 is 11.6 Å². The van der Waals surface area contributed by atoms with E-state index in [1.165, 1.54) is 0 Å². The number of hydrogen-bond acceptors (Lipinski definition) is 3. The molecule has 1 N–H and O–H groups in total. The fourth-order valence-corrected chi connectivity index (χ4v) is 1.91. The third-order valence-corrected chi connectivity index (χ3v) is 2.74. The largest absolute Gasteiger partial charge is 0.384 e. The lowest BCUT2D eigenvalue weighted by Crippen LogP contribution is -2.13. The Balaban J connectivity index is 2.29. The molecule has 1 heterocycles. The van der Waals surface area contributed by atoms with Crippen LogP contribution in [0.2, 0.25) is 5.02 Å². The summed E-state index contributed by atoms with van der Waals surface area (Å²) < 4.78 is 4.86. The van der Waals surface area contributed by atoms with Crippen molar-refractivity contribution >= 4 is 34.0 Å². The Morgan fingerprint density at radius 3 is 3.11 bits per heavy atom. The quantitative estimate of drug-likeness (QED) is 0.924. The van der Waals surface area contributed by atoms with Crippen LogP contribution in [0.4, 0.5) is 5.69 Å². The van der Waals surface area contributed by atoms with Crippen molar-refractivity contribution in [3.8, 4) is 0 Å². The zero-order valence-electron chi connectivity index (χ0n) is 9.94. The number of methoxy groups -OCH3 is 1. The zero-order valence-corrected chi connectivity index (χ0v) is 10.7. The molecule has 1 amide bonds. The summed E-state index contributed by atoms with van der Waals surface area (Å²) >= 11 is 6.01. The number of amides is 1. The van der Waals surface area contributed by atoms with Gasteiger partial charge in [0.2, 0.25) is 5.91 Å². The van der Waals surface area contributed by atoms with E-state index in [9.17, 15) is 4.79 Å². The second-order valence-electron chi connectivity index (χ2n) is 3.84. The molecular formula is C13H13ClN2O2. The Bertz CT molecular complexity index is 572. The van der Waals surface area contributed by atoms with Crippen LogP contribution in [-0.2, 0) is 9.53 Å². The number of pyridine rings is 1. The number of nitrogens with one attached hydrogen (secondary N) is 1. The lowest BCUT2D eigenvalue weighted by Gasteiger charge is -2.09. The molecule has 0 unspecified atom stereocenters. The van der Waals surface area contributed by atoms with E-state index in [2.05, 4.69) is 10.3 Å². The van der Waals surface area contributed by atoms with Crippen LogP contribution in [0.1, 0.15) is 6.42 Å². The van der Waals surface area contributed by atoms with Gasteiger partial charge in [0, 0.05) is 35.3 Å². The topological polar surface area (TPSA) is 51.2 Å². The molecule has 4 nitrogen and oxygen atoms in total. The van der Waals surface area contributed by atoms with Gasteiger partial charge in [-0.15, -0.1) is 0 Å².